The molecule has 18 heavy (non-hydrogen) atoms. The highest BCUT2D eigenvalue weighted by atomic mass is 32.1. The second-order valence-electron chi connectivity index (χ2n) is 4.41. The summed E-state index contributed by atoms with van der Waals surface area (Å²) in [5, 5.41) is 11.9. The van der Waals surface area contributed by atoms with Gasteiger partial charge >= 0.3 is 5.97 Å². The maximum atomic E-state index is 12.1. The van der Waals surface area contributed by atoms with Crippen molar-refractivity contribution in [3.05, 3.63) is 11.3 Å². The Morgan fingerprint density at radius 2 is 2.28 bits per heavy atom. The zero-order chi connectivity index (χ0) is 13.3. The predicted molar refractivity (Wildman–Crippen MR) is 66.0 cm³/mol. The van der Waals surface area contributed by atoms with E-state index in [9.17, 15) is 9.59 Å². The predicted octanol–water partition coefficient (Wildman–Crippen LogP) is 1.66. The molecule has 1 atom stereocenters. The number of amides is 1. The highest BCUT2D eigenvalue weighted by Crippen LogP contribution is 2.29. The molecule has 2 heterocycles. The number of hydrogen-bond acceptors (Lipinski definition) is 5. The van der Waals surface area contributed by atoms with E-state index in [1.807, 2.05) is 0 Å². The molecular formula is C11H14N2O4S. The molecule has 0 aromatic carbocycles. The van der Waals surface area contributed by atoms with Crippen LogP contribution in [0.5, 0.6) is 0 Å². The summed E-state index contributed by atoms with van der Waals surface area (Å²) in [5.74, 6) is -1.40. The second kappa shape index (κ2) is 4.66. The van der Waals surface area contributed by atoms with Gasteiger partial charge in [-0.1, -0.05) is 0 Å². The molecule has 0 saturated carbocycles. The molecule has 0 aliphatic carbocycles. The number of carboxylic acids is 1. The van der Waals surface area contributed by atoms with E-state index in [2.05, 4.69) is 9.69 Å². The zero-order valence-electron chi connectivity index (χ0n) is 10.1. The number of aryl methyl sites for hydroxylation is 1. The Balaban J connectivity index is 2.19. The summed E-state index contributed by atoms with van der Waals surface area (Å²) >= 11 is 0.972. The van der Waals surface area contributed by atoms with Gasteiger partial charge in [-0.05, 0) is 38.2 Å². The van der Waals surface area contributed by atoms with Crippen LogP contribution in [-0.2, 0) is 9.53 Å². The van der Waals surface area contributed by atoms with E-state index in [1.165, 1.54) is 0 Å². The first kappa shape index (κ1) is 13.0. The monoisotopic (exact) mass is 270 g/mol. The van der Waals surface area contributed by atoms with Gasteiger partial charge in [0.2, 0.25) is 0 Å². The van der Waals surface area contributed by atoms with Crippen molar-refractivity contribution in [2.24, 2.45) is 0 Å². The maximum absolute atomic E-state index is 12.1. The van der Waals surface area contributed by atoms with Gasteiger partial charge in [0.15, 0.2) is 0 Å². The van der Waals surface area contributed by atoms with Crippen LogP contribution in [0.25, 0.3) is 0 Å². The van der Waals surface area contributed by atoms with Crippen LogP contribution < -0.4 is 5.32 Å². The summed E-state index contributed by atoms with van der Waals surface area (Å²) in [4.78, 5) is 23.1. The van der Waals surface area contributed by atoms with Crippen molar-refractivity contribution in [1.82, 2.24) is 4.37 Å². The number of hydrogen-bond donors (Lipinski definition) is 2. The lowest BCUT2D eigenvalue weighted by Gasteiger charge is -2.21. The van der Waals surface area contributed by atoms with Gasteiger partial charge in [0.25, 0.3) is 5.91 Å². The van der Waals surface area contributed by atoms with Gasteiger partial charge in [0, 0.05) is 6.61 Å². The second-order valence-corrected chi connectivity index (χ2v) is 5.19. The molecule has 98 valence electrons. The topological polar surface area (TPSA) is 88.5 Å². The number of rotatable bonds is 3. The number of carbonyl (C=O) groups excluding carboxylic acids is 1. The van der Waals surface area contributed by atoms with Crippen LogP contribution in [0.15, 0.2) is 0 Å². The van der Waals surface area contributed by atoms with E-state index in [0.29, 0.717) is 18.7 Å². The van der Waals surface area contributed by atoms with Gasteiger partial charge in [-0.3, -0.25) is 4.79 Å². The van der Waals surface area contributed by atoms with E-state index in [-0.39, 0.29) is 16.5 Å². The van der Waals surface area contributed by atoms with Crippen LogP contribution in [0.2, 0.25) is 0 Å². The van der Waals surface area contributed by atoms with E-state index >= 15 is 0 Å². The number of nitrogens with one attached hydrogen (secondary N) is 1. The quantitative estimate of drug-likeness (QED) is 0.872. The minimum absolute atomic E-state index is 0.0509. The van der Waals surface area contributed by atoms with E-state index in [4.69, 9.17) is 9.84 Å². The lowest BCUT2D eigenvalue weighted by Crippen LogP contribution is -2.39. The maximum Gasteiger partial charge on any atom is 0.340 e. The molecule has 2 rings (SSSR count). The normalized spacial score (nSPS) is 23.0. The Kier molecular flexibility index (Phi) is 3.36. The summed E-state index contributed by atoms with van der Waals surface area (Å²) in [6, 6.07) is 0. The van der Waals surface area contributed by atoms with Crippen LogP contribution in [0.1, 0.15) is 35.8 Å². The number of anilines is 1. The van der Waals surface area contributed by atoms with Crippen molar-refractivity contribution >= 4 is 28.4 Å². The fourth-order valence-corrected chi connectivity index (χ4v) is 2.68. The standard InChI is InChI=1S/C11H14N2O4S/c1-6-7(9(14)15)8(18-13-6)12-10(16)11(2)4-3-5-17-11/h3-5H2,1-2H3,(H,12,16)(H,14,15). The molecule has 2 N–H and O–H groups in total. The van der Waals surface area contributed by atoms with E-state index < -0.39 is 11.6 Å². The summed E-state index contributed by atoms with van der Waals surface area (Å²) in [7, 11) is 0. The Hall–Kier alpha value is -1.47. The average Bonchev–Trinajstić information content (AvgIpc) is 2.86. The summed E-state index contributed by atoms with van der Waals surface area (Å²) in [5.41, 5.74) is -0.413. The molecule has 1 amide bonds. The van der Waals surface area contributed by atoms with Crippen LogP contribution in [0.3, 0.4) is 0 Å². The molecule has 1 saturated heterocycles. The number of carboxylic acid groups (broad SMARTS) is 1. The zero-order valence-corrected chi connectivity index (χ0v) is 11.0. The Labute approximate surface area is 108 Å². The first-order chi connectivity index (χ1) is 8.44. The van der Waals surface area contributed by atoms with E-state index in [0.717, 1.165) is 18.0 Å². The molecule has 1 fully saturated rings. The molecule has 1 unspecified atom stereocenters. The number of ether oxygens (including phenoxy) is 1. The van der Waals surface area contributed by atoms with Gasteiger partial charge in [-0.15, -0.1) is 0 Å². The summed E-state index contributed by atoms with van der Waals surface area (Å²) in [6.45, 7) is 3.87. The first-order valence-electron chi connectivity index (χ1n) is 5.59. The largest absolute Gasteiger partial charge is 0.478 e. The summed E-state index contributed by atoms with van der Waals surface area (Å²) < 4.78 is 9.35. The smallest absolute Gasteiger partial charge is 0.340 e. The van der Waals surface area contributed by atoms with Crippen LogP contribution in [-0.4, -0.2) is 33.6 Å². The van der Waals surface area contributed by atoms with Gasteiger partial charge in [-0.25, -0.2) is 4.79 Å². The molecule has 1 aliphatic heterocycles. The lowest BCUT2D eigenvalue weighted by molar-refractivity contribution is -0.133. The average molecular weight is 270 g/mol. The minimum atomic E-state index is -1.09. The number of carbonyl (C=O) groups is 2. The Morgan fingerprint density at radius 1 is 1.56 bits per heavy atom. The Bertz CT molecular complexity index is 491. The van der Waals surface area contributed by atoms with Crippen LogP contribution >= 0.6 is 11.5 Å². The van der Waals surface area contributed by atoms with Gasteiger partial charge < -0.3 is 15.2 Å². The molecule has 0 spiro atoms. The molecule has 6 nitrogen and oxygen atoms in total. The third-order valence-electron chi connectivity index (χ3n) is 3.00. The number of aromatic carboxylic acids is 1. The highest BCUT2D eigenvalue weighted by molar-refractivity contribution is 7.11. The Morgan fingerprint density at radius 3 is 2.83 bits per heavy atom. The minimum Gasteiger partial charge on any atom is -0.478 e. The lowest BCUT2D eigenvalue weighted by atomic mass is 10.0. The number of nitrogens with zero attached hydrogens (tertiary/aromatic N) is 1. The van der Waals surface area contributed by atoms with Crippen molar-refractivity contribution in [3.8, 4) is 0 Å². The van der Waals surface area contributed by atoms with Crippen molar-refractivity contribution in [2.45, 2.75) is 32.3 Å². The van der Waals surface area contributed by atoms with Crippen molar-refractivity contribution < 1.29 is 19.4 Å². The van der Waals surface area contributed by atoms with Crippen LogP contribution in [0.4, 0.5) is 5.00 Å². The third-order valence-corrected chi connectivity index (χ3v) is 3.86. The summed E-state index contributed by atoms with van der Waals surface area (Å²) in [6.07, 6.45) is 1.47. The SMILES string of the molecule is Cc1nsc(NC(=O)C2(C)CCCO2)c1C(=O)O. The van der Waals surface area contributed by atoms with Gasteiger partial charge in [0.05, 0.1) is 5.69 Å². The molecular weight excluding hydrogens is 256 g/mol. The fourth-order valence-electron chi connectivity index (χ4n) is 1.90. The molecule has 1 aliphatic rings. The van der Waals surface area contributed by atoms with E-state index in [1.54, 1.807) is 13.8 Å². The molecule has 0 bridgehead atoms. The van der Waals surface area contributed by atoms with Gasteiger partial charge in [0.1, 0.15) is 16.2 Å². The first-order valence-corrected chi connectivity index (χ1v) is 6.36. The molecule has 7 heteroatoms. The number of aromatic nitrogens is 1. The molecule has 1 aromatic heterocycles. The fraction of sp³-hybridized carbons (Fsp3) is 0.545. The van der Waals surface area contributed by atoms with Crippen molar-refractivity contribution in [1.29, 1.82) is 0 Å². The van der Waals surface area contributed by atoms with Gasteiger partial charge in [-0.2, -0.15) is 4.37 Å². The molecule has 0 radical (unpaired) electrons. The van der Waals surface area contributed by atoms with Crippen molar-refractivity contribution in [2.75, 3.05) is 11.9 Å². The molecule has 1 aromatic rings. The third kappa shape index (κ3) is 2.23. The highest BCUT2D eigenvalue weighted by Gasteiger charge is 2.38. The van der Waals surface area contributed by atoms with Crippen LogP contribution in [0, 0.1) is 6.92 Å². The van der Waals surface area contributed by atoms with Crippen molar-refractivity contribution in [3.63, 3.8) is 0 Å².